The van der Waals surface area contributed by atoms with E-state index in [0.29, 0.717) is 0 Å². The first kappa shape index (κ1) is 16.7. The van der Waals surface area contributed by atoms with Gasteiger partial charge in [0, 0.05) is 19.7 Å². The van der Waals surface area contributed by atoms with E-state index >= 15 is 0 Å². The van der Waals surface area contributed by atoms with E-state index in [0.717, 1.165) is 58.2 Å². The van der Waals surface area contributed by atoms with E-state index in [1.807, 2.05) is 0 Å². The fourth-order valence-electron chi connectivity index (χ4n) is 2.02. The number of aliphatic hydroxyl groups is 1. The largest absolute Gasteiger partial charge is 0.396 e. The Morgan fingerprint density at radius 3 is 2.71 bits per heavy atom. The number of carbonyl (C=O) groups excluding carboxylic acids is 1. The average Bonchev–Trinajstić information content (AvgIpc) is 2.34. The molecule has 102 valence electrons. The fourth-order valence-corrected chi connectivity index (χ4v) is 2.02. The molecule has 1 aliphatic heterocycles. The molecule has 0 aliphatic carbocycles. The Morgan fingerprint density at radius 2 is 2.06 bits per heavy atom. The van der Waals surface area contributed by atoms with Crippen molar-refractivity contribution >= 4 is 18.3 Å². The standard InChI is InChI=1S/C12H24N2O2.ClH/c15-9-4-2-1-3-8-14-12(16)11-6-5-7-13-10-11;/h11,13,15H,1-10H2,(H,14,16);1H/t11-;/m1./s1. The molecule has 0 spiro atoms. The van der Waals surface area contributed by atoms with Gasteiger partial charge in [-0.05, 0) is 32.2 Å². The van der Waals surface area contributed by atoms with Gasteiger partial charge in [-0.1, -0.05) is 12.8 Å². The lowest BCUT2D eigenvalue weighted by molar-refractivity contribution is -0.125. The maximum absolute atomic E-state index is 11.7. The molecule has 3 N–H and O–H groups in total. The summed E-state index contributed by atoms with van der Waals surface area (Å²) in [4.78, 5) is 11.7. The zero-order valence-corrected chi connectivity index (χ0v) is 11.2. The van der Waals surface area contributed by atoms with Crippen molar-refractivity contribution in [3.8, 4) is 0 Å². The van der Waals surface area contributed by atoms with Crippen LogP contribution >= 0.6 is 12.4 Å². The van der Waals surface area contributed by atoms with Gasteiger partial charge in [-0.3, -0.25) is 4.79 Å². The molecular weight excluding hydrogens is 240 g/mol. The highest BCUT2D eigenvalue weighted by molar-refractivity contribution is 5.85. The molecule has 0 aromatic carbocycles. The predicted molar refractivity (Wildman–Crippen MR) is 71.4 cm³/mol. The maximum atomic E-state index is 11.7. The molecule has 4 nitrogen and oxygen atoms in total. The summed E-state index contributed by atoms with van der Waals surface area (Å²) in [7, 11) is 0. The molecule has 5 heteroatoms. The second-order valence-corrected chi connectivity index (χ2v) is 4.47. The minimum Gasteiger partial charge on any atom is -0.396 e. The number of hydrogen-bond acceptors (Lipinski definition) is 3. The van der Waals surface area contributed by atoms with Crippen LogP contribution < -0.4 is 10.6 Å². The number of rotatable bonds is 7. The van der Waals surface area contributed by atoms with E-state index in [9.17, 15) is 4.79 Å². The van der Waals surface area contributed by atoms with Crippen LogP contribution in [-0.4, -0.2) is 37.3 Å². The summed E-state index contributed by atoms with van der Waals surface area (Å²) in [6, 6.07) is 0. The molecule has 0 unspecified atom stereocenters. The summed E-state index contributed by atoms with van der Waals surface area (Å²) >= 11 is 0. The van der Waals surface area contributed by atoms with Gasteiger partial charge in [-0.25, -0.2) is 0 Å². The number of unbranched alkanes of at least 4 members (excludes halogenated alkanes) is 3. The lowest BCUT2D eigenvalue weighted by Gasteiger charge is -2.21. The molecule has 1 amide bonds. The van der Waals surface area contributed by atoms with E-state index in [1.165, 1.54) is 0 Å². The first-order valence-electron chi connectivity index (χ1n) is 6.44. The molecule has 0 aromatic rings. The van der Waals surface area contributed by atoms with Crippen LogP contribution in [0.25, 0.3) is 0 Å². The quantitative estimate of drug-likeness (QED) is 0.603. The number of amides is 1. The van der Waals surface area contributed by atoms with Gasteiger partial charge in [0.1, 0.15) is 0 Å². The zero-order valence-electron chi connectivity index (χ0n) is 10.4. The van der Waals surface area contributed by atoms with Crippen molar-refractivity contribution in [3.63, 3.8) is 0 Å². The highest BCUT2D eigenvalue weighted by Gasteiger charge is 2.19. The Labute approximate surface area is 110 Å². The van der Waals surface area contributed by atoms with Gasteiger partial charge in [0.05, 0.1) is 5.92 Å². The molecule has 1 atom stereocenters. The summed E-state index contributed by atoms with van der Waals surface area (Å²) in [6.45, 7) is 2.93. The van der Waals surface area contributed by atoms with E-state index in [4.69, 9.17) is 5.11 Å². The van der Waals surface area contributed by atoms with Crippen LogP contribution in [0.3, 0.4) is 0 Å². The summed E-state index contributed by atoms with van der Waals surface area (Å²) in [5, 5.41) is 14.8. The highest BCUT2D eigenvalue weighted by Crippen LogP contribution is 2.09. The minimum absolute atomic E-state index is 0. The zero-order chi connectivity index (χ0) is 11.6. The molecule has 0 bridgehead atoms. The normalized spacial score (nSPS) is 19.5. The van der Waals surface area contributed by atoms with Crippen molar-refractivity contribution in [2.24, 2.45) is 5.92 Å². The number of carbonyl (C=O) groups is 1. The van der Waals surface area contributed by atoms with Gasteiger partial charge in [-0.15, -0.1) is 12.4 Å². The van der Waals surface area contributed by atoms with Gasteiger partial charge >= 0.3 is 0 Å². The summed E-state index contributed by atoms with van der Waals surface area (Å²) in [6.07, 6.45) is 6.16. The van der Waals surface area contributed by atoms with E-state index < -0.39 is 0 Å². The lowest BCUT2D eigenvalue weighted by Crippen LogP contribution is -2.40. The molecule has 1 heterocycles. The molecule has 1 rings (SSSR count). The van der Waals surface area contributed by atoms with E-state index in [1.54, 1.807) is 0 Å². The Kier molecular flexibility index (Phi) is 10.6. The molecule has 0 radical (unpaired) electrons. The molecule has 1 saturated heterocycles. The Morgan fingerprint density at radius 1 is 1.29 bits per heavy atom. The van der Waals surface area contributed by atoms with Crippen LogP contribution in [0.4, 0.5) is 0 Å². The maximum Gasteiger partial charge on any atom is 0.224 e. The predicted octanol–water partition coefficient (Wildman–Crippen LogP) is 1.08. The first-order chi connectivity index (χ1) is 7.84. The van der Waals surface area contributed by atoms with Crippen molar-refractivity contribution in [2.75, 3.05) is 26.2 Å². The molecule has 17 heavy (non-hydrogen) atoms. The van der Waals surface area contributed by atoms with Crippen molar-refractivity contribution < 1.29 is 9.90 Å². The van der Waals surface area contributed by atoms with Crippen LogP contribution in [0, 0.1) is 5.92 Å². The third-order valence-electron chi connectivity index (χ3n) is 3.05. The second kappa shape index (κ2) is 10.8. The highest BCUT2D eigenvalue weighted by atomic mass is 35.5. The number of halogens is 1. The number of hydrogen-bond donors (Lipinski definition) is 3. The van der Waals surface area contributed by atoms with Crippen molar-refractivity contribution in [1.82, 2.24) is 10.6 Å². The SMILES string of the molecule is Cl.O=C(NCCCCCCO)[C@@H]1CCCNC1. The Balaban J connectivity index is 0.00000256. The van der Waals surface area contributed by atoms with Gasteiger partial charge in [0.15, 0.2) is 0 Å². The summed E-state index contributed by atoms with van der Waals surface area (Å²) in [5.41, 5.74) is 0. The van der Waals surface area contributed by atoms with Crippen molar-refractivity contribution in [1.29, 1.82) is 0 Å². The van der Waals surface area contributed by atoms with Crippen LogP contribution in [0.5, 0.6) is 0 Å². The summed E-state index contributed by atoms with van der Waals surface area (Å²) < 4.78 is 0. The average molecular weight is 265 g/mol. The third kappa shape index (κ3) is 7.58. The molecule has 1 aliphatic rings. The van der Waals surface area contributed by atoms with Crippen LogP contribution in [0.1, 0.15) is 38.5 Å². The molecule has 0 saturated carbocycles. The fraction of sp³-hybridized carbons (Fsp3) is 0.917. The molecule has 1 fully saturated rings. The number of nitrogens with one attached hydrogen (secondary N) is 2. The topological polar surface area (TPSA) is 61.4 Å². The number of aliphatic hydroxyl groups excluding tert-OH is 1. The monoisotopic (exact) mass is 264 g/mol. The van der Waals surface area contributed by atoms with Gasteiger partial charge in [0.25, 0.3) is 0 Å². The molecule has 0 aromatic heterocycles. The third-order valence-corrected chi connectivity index (χ3v) is 3.05. The van der Waals surface area contributed by atoms with Gasteiger partial charge < -0.3 is 15.7 Å². The summed E-state index contributed by atoms with van der Waals surface area (Å²) in [5.74, 6) is 0.376. The molecular formula is C12H25ClN2O2. The Hall–Kier alpha value is -0.320. The van der Waals surface area contributed by atoms with Crippen LogP contribution in [-0.2, 0) is 4.79 Å². The van der Waals surface area contributed by atoms with E-state index in [-0.39, 0.29) is 30.8 Å². The first-order valence-corrected chi connectivity index (χ1v) is 6.44. The van der Waals surface area contributed by atoms with Gasteiger partial charge in [-0.2, -0.15) is 0 Å². The Bertz CT molecular complexity index is 197. The van der Waals surface area contributed by atoms with Gasteiger partial charge in [0.2, 0.25) is 5.91 Å². The second-order valence-electron chi connectivity index (χ2n) is 4.47. The van der Waals surface area contributed by atoms with Crippen molar-refractivity contribution in [2.45, 2.75) is 38.5 Å². The smallest absolute Gasteiger partial charge is 0.224 e. The lowest BCUT2D eigenvalue weighted by atomic mass is 9.99. The van der Waals surface area contributed by atoms with E-state index in [2.05, 4.69) is 10.6 Å². The number of piperidine rings is 1. The van der Waals surface area contributed by atoms with Crippen LogP contribution in [0.2, 0.25) is 0 Å². The minimum atomic E-state index is 0. The van der Waals surface area contributed by atoms with Crippen LogP contribution in [0.15, 0.2) is 0 Å². The van der Waals surface area contributed by atoms with Crippen molar-refractivity contribution in [3.05, 3.63) is 0 Å².